The van der Waals surface area contributed by atoms with Gasteiger partial charge in [0.15, 0.2) is 0 Å². The first-order valence-corrected chi connectivity index (χ1v) is 7.69. The van der Waals surface area contributed by atoms with Gasteiger partial charge in [-0.3, -0.25) is 14.5 Å². The molecule has 2 heterocycles. The summed E-state index contributed by atoms with van der Waals surface area (Å²) in [5.74, 6) is 0.584. The van der Waals surface area contributed by atoms with E-state index in [1.165, 1.54) is 0 Å². The van der Waals surface area contributed by atoms with Crippen LogP contribution in [0.25, 0.3) is 0 Å². The van der Waals surface area contributed by atoms with E-state index in [4.69, 9.17) is 0 Å². The van der Waals surface area contributed by atoms with Crippen LogP contribution in [-0.2, 0) is 9.59 Å². The van der Waals surface area contributed by atoms with Gasteiger partial charge >= 0.3 is 0 Å². The molecule has 0 saturated carbocycles. The van der Waals surface area contributed by atoms with Crippen LogP contribution in [0, 0.1) is 5.92 Å². The van der Waals surface area contributed by atoms with Crippen molar-refractivity contribution in [3.8, 4) is 0 Å². The minimum absolute atomic E-state index is 0.0747. The number of piperidine rings is 1. The first kappa shape index (κ1) is 15.3. The van der Waals surface area contributed by atoms with E-state index >= 15 is 0 Å². The Morgan fingerprint density at radius 3 is 2.40 bits per heavy atom. The van der Waals surface area contributed by atoms with E-state index in [-0.39, 0.29) is 11.8 Å². The maximum atomic E-state index is 12.4. The Bertz CT molecular complexity index is 334. The molecule has 2 saturated heterocycles. The van der Waals surface area contributed by atoms with Crippen molar-refractivity contribution in [3.63, 3.8) is 0 Å². The number of likely N-dealkylation sites (N-methyl/N-ethyl adjacent to an activating group) is 1. The summed E-state index contributed by atoms with van der Waals surface area (Å²) >= 11 is 0. The van der Waals surface area contributed by atoms with Crippen LogP contribution >= 0.6 is 0 Å². The third kappa shape index (κ3) is 4.18. The second kappa shape index (κ2) is 7.59. The first-order valence-electron chi connectivity index (χ1n) is 7.69. The molecule has 2 aliphatic rings. The molecule has 2 rings (SSSR count). The number of nitrogens with one attached hydrogen (secondary N) is 2. The Morgan fingerprint density at radius 2 is 1.80 bits per heavy atom. The van der Waals surface area contributed by atoms with Gasteiger partial charge in [-0.25, -0.2) is 0 Å². The summed E-state index contributed by atoms with van der Waals surface area (Å²) < 4.78 is 0. The Kier molecular flexibility index (Phi) is 5.79. The maximum absolute atomic E-state index is 12.4. The molecule has 0 radical (unpaired) electrons. The Hall–Kier alpha value is -1.14. The van der Waals surface area contributed by atoms with Crippen LogP contribution in [0.1, 0.15) is 19.8 Å². The molecule has 2 N–H and O–H groups in total. The molecule has 2 aliphatic heterocycles. The molecule has 0 unspecified atom stereocenters. The third-order valence-corrected chi connectivity index (χ3v) is 4.11. The number of carbonyl (C=O) groups excluding carboxylic acids is 2. The minimum atomic E-state index is 0.0747. The van der Waals surface area contributed by atoms with Gasteiger partial charge in [0.05, 0.1) is 6.54 Å². The lowest BCUT2D eigenvalue weighted by Crippen LogP contribution is -2.53. The fourth-order valence-electron chi connectivity index (χ4n) is 2.91. The predicted octanol–water partition coefficient (Wildman–Crippen LogP) is -0.734. The molecule has 0 atom stereocenters. The van der Waals surface area contributed by atoms with Crippen molar-refractivity contribution in [1.82, 2.24) is 20.4 Å². The summed E-state index contributed by atoms with van der Waals surface area (Å²) in [5, 5.41) is 6.10. The SMILES string of the molecule is CCNC(=O)CN1CCN(C(=O)C2CCNCC2)CC1. The van der Waals surface area contributed by atoms with E-state index in [1.807, 2.05) is 11.8 Å². The number of hydrogen-bond acceptors (Lipinski definition) is 4. The number of nitrogens with zero attached hydrogens (tertiary/aromatic N) is 2. The van der Waals surface area contributed by atoms with Gasteiger partial charge in [-0.2, -0.15) is 0 Å². The highest BCUT2D eigenvalue weighted by Gasteiger charge is 2.28. The fourth-order valence-corrected chi connectivity index (χ4v) is 2.91. The second-order valence-corrected chi connectivity index (χ2v) is 5.58. The Morgan fingerprint density at radius 1 is 1.15 bits per heavy atom. The van der Waals surface area contributed by atoms with Crippen molar-refractivity contribution < 1.29 is 9.59 Å². The topological polar surface area (TPSA) is 64.7 Å². The molecule has 0 aromatic heterocycles. The molecular weight excluding hydrogens is 256 g/mol. The summed E-state index contributed by atoms with van der Waals surface area (Å²) in [7, 11) is 0. The standard InChI is InChI=1S/C14H26N4O2/c1-2-16-13(19)11-17-7-9-18(10-8-17)14(20)12-3-5-15-6-4-12/h12,15H,2-11H2,1H3,(H,16,19). The molecule has 20 heavy (non-hydrogen) atoms. The zero-order chi connectivity index (χ0) is 14.4. The number of amides is 2. The average Bonchev–Trinajstić information content (AvgIpc) is 2.48. The summed E-state index contributed by atoms with van der Waals surface area (Å²) in [5.41, 5.74) is 0. The van der Waals surface area contributed by atoms with E-state index in [0.717, 1.165) is 52.1 Å². The predicted molar refractivity (Wildman–Crippen MR) is 77.3 cm³/mol. The average molecular weight is 282 g/mol. The fraction of sp³-hybridized carbons (Fsp3) is 0.857. The van der Waals surface area contributed by atoms with Crippen molar-refractivity contribution in [3.05, 3.63) is 0 Å². The minimum Gasteiger partial charge on any atom is -0.355 e. The highest BCUT2D eigenvalue weighted by Crippen LogP contribution is 2.16. The number of rotatable bonds is 4. The van der Waals surface area contributed by atoms with Gasteiger partial charge in [-0.1, -0.05) is 0 Å². The largest absolute Gasteiger partial charge is 0.355 e. The molecule has 2 amide bonds. The van der Waals surface area contributed by atoms with Crippen LogP contribution in [0.15, 0.2) is 0 Å². The monoisotopic (exact) mass is 282 g/mol. The van der Waals surface area contributed by atoms with Crippen molar-refractivity contribution in [2.24, 2.45) is 5.92 Å². The number of piperazine rings is 1. The van der Waals surface area contributed by atoms with Gasteiger partial charge in [-0.05, 0) is 32.9 Å². The lowest BCUT2D eigenvalue weighted by atomic mass is 9.96. The highest BCUT2D eigenvalue weighted by atomic mass is 16.2. The summed E-state index contributed by atoms with van der Waals surface area (Å²) in [6, 6.07) is 0. The van der Waals surface area contributed by atoms with Gasteiger partial charge in [-0.15, -0.1) is 0 Å². The molecule has 6 heteroatoms. The zero-order valence-electron chi connectivity index (χ0n) is 12.4. The highest BCUT2D eigenvalue weighted by molar-refractivity contribution is 5.79. The molecular formula is C14H26N4O2. The summed E-state index contributed by atoms with van der Waals surface area (Å²) in [6.45, 7) is 8.05. The Balaban J connectivity index is 1.73. The van der Waals surface area contributed by atoms with E-state index in [2.05, 4.69) is 15.5 Å². The Labute approximate surface area is 120 Å². The second-order valence-electron chi connectivity index (χ2n) is 5.58. The van der Waals surface area contributed by atoms with Gasteiger partial charge in [0, 0.05) is 38.6 Å². The van der Waals surface area contributed by atoms with E-state index in [9.17, 15) is 9.59 Å². The molecule has 6 nitrogen and oxygen atoms in total. The van der Waals surface area contributed by atoms with Gasteiger partial charge in [0.25, 0.3) is 0 Å². The first-order chi connectivity index (χ1) is 9.70. The van der Waals surface area contributed by atoms with E-state index in [1.54, 1.807) is 0 Å². The van der Waals surface area contributed by atoms with Crippen LogP contribution < -0.4 is 10.6 Å². The van der Waals surface area contributed by atoms with Crippen LogP contribution in [0.3, 0.4) is 0 Å². The molecule has 0 aromatic carbocycles. The quantitative estimate of drug-likeness (QED) is 0.713. The normalized spacial score (nSPS) is 21.8. The molecule has 114 valence electrons. The van der Waals surface area contributed by atoms with Gasteiger partial charge in [0.2, 0.25) is 11.8 Å². The third-order valence-electron chi connectivity index (χ3n) is 4.11. The van der Waals surface area contributed by atoms with Crippen LogP contribution in [0.5, 0.6) is 0 Å². The number of carbonyl (C=O) groups is 2. The lowest BCUT2D eigenvalue weighted by Gasteiger charge is -2.36. The summed E-state index contributed by atoms with van der Waals surface area (Å²) in [4.78, 5) is 28.0. The molecule has 0 bridgehead atoms. The van der Waals surface area contributed by atoms with Crippen LogP contribution in [-0.4, -0.2) is 74.0 Å². The molecule has 0 spiro atoms. The van der Waals surface area contributed by atoms with Crippen molar-refractivity contribution in [2.45, 2.75) is 19.8 Å². The van der Waals surface area contributed by atoms with E-state index in [0.29, 0.717) is 19.0 Å². The summed E-state index contributed by atoms with van der Waals surface area (Å²) in [6.07, 6.45) is 1.91. The molecule has 0 aliphatic carbocycles. The van der Waals surface area contributed by atoms with E-state index < -0.39 is 0 Å². The molecule has 0 aromatic rings. The lowest BCUT2D eigenvalue weighted by molar-refractivity contribution is -0.138. The van der Waals surface area contributed by atoms with Crippen molar-refractivity contribution in [2.75, 3.05) is 52.4 Å². The van der Waals surface area contributed by atoms with Crippen LogP contribution in [0.2, 0.25) is 0 Å². The number of hydrogen-bond donors (Lipinski definition) is 2. The van der Waals surface area contributed by atoms with Crippen molar-refractivity contribution >= 4 is 11.8 Å². The maximum Gasteiger partial charge on any atom is 0.234 e. The van der Waals surface area contributed by atoms with Gasteiger partial charge in [0.1, 0.15) is 0 Å². The zero-order valence-corrected chi connectivity index (χ0v) is 12.4. The van der Waals surface area contributed by atoms with Crippen LogP contribution in [0.4, 0.5) is 0 Å². The smallest absolute Gasteiger partial charge is 0.234 e. The molecule has 2 fully saturated rings. The van der Waals surface area contributed by atoms with Gasteiger partial charge < -0.3 is 15.5 Å². The van der Waals surface area contributed by atoms with Crippen molar-refractivity contribution in [1.29, 1.82) is 0 Å².